The Hall–Kier alpha value is -1.31. The zero-order valence-electron chi connectivity index (χ0n) is 12.4. The second-order valence-electron chi connectivity index (χ2n) is 6.60. The maximum Gasteiger partial charge on any atom is 0.471 e. The molecule has 5 nitrogen and oxygen atoms in total. The fraction of sp³-hybridized carbons (Fsp3) is 0.857. The summed E-state index contributed by atoms with van der Waals surface area (Å²) in [6.45, 7) is 2.67. The lowest BCUT2D eigenvalue weighted by Gasteiger charge is -2.46. The highest BCUT2D eigenvalue weighted by Gasteiger charge is 2.60. The van der Waals surface area contributed by atoms with E-state index in [0.717, 1.165) is 24.3 Å². The predicted octanol–water partition coefficient (Wildman–Crippen LogP) is 0.893. The highest BCUT2D eigenvalue weighted by atomic mass is 19.4. The molecule has 1 N–H and O–H groups in total. The van der Waals surface area contributed by atoms with Crippen molar-refractivity contribution in [3.05, 3.63) is 0 Å². The number of hydrogen-bond donors (Lipinski definition) is 1. The minimum absolute atomic E-state index is 0.0448. The second kappa shape index (κ2) is 5.11. The lowest BCUT2D eigenvalue weighted by molar-refractivity contribution is -0.193. The molecule has 2 atom stereocenters. The molecule has 0 aromatic carbocycles. The van der Waals surface area contributed by atoms with Gasteiger partial charge in [-0.3, -0.25) is 9.59 Å². The van der Waals surface area contributed by atoms with Gasteiger partial charge in [0.05, 0.1) is 11.6 Å². The molecule has 0 aromatic heterocycles. The van der Waals surface area contributed by atoms with Crippen molar-refractivity contribution in [3.8, 4) is 0 Å². The Bertz CT molecular complexity index is 484. The van der Waals surface area contributed by atoms with E-state index in [-0.39, 0.29) is 25.0 Å². The molecule has 3 fully saturated rings. The minimum atomic E-state index is -4.85. The Balaban J connectivity index is 1.75. The molecule has 2 heterocycles. The Labute approximate surface area is 126 Å². The van der Waals surface area contributed by atoms with Crippen LogP contribution >= 0.6 is 0 Å². The van der Waals surface area contributed by atoms with Crippen LogP contribution in [0.4, 0.5) is 13.2 Å². The Morgan fingerprint density at radius 2 is 1.95 bits per heavy atom. The van der Waals surface area contributed by atoms with Crippen molar-refractivity contribution in [1.29, 1.82) is 0 Å². The van der Waals surface area contributed by atoms with Crippen molar-refractivity contribution in [2.24, 2.45) is 0 Å². The standard InChI is InChI=1S/C14H20F3N3O2/c1-9-7-20(12(22)14(15,16)17)13(4-5-13)8-19(9)11(21)10-3-2-6-18-10/h9-10,18H,2-8H2,1H3/t9-,10+/m1/s1. The molecule has 3 rings (SSSR count). The molecular weight excluding hydrogens is 299 g/mol. The van der Waals surface area contributed by atoms with Gasteiger partial charge in [-0.05, 0) is 39.2 Å². The largest absolute Gasteiger partial charge is 0.471 e. The van der Waals surface area contributed by atoms with Crippen molar-refractivity contribution in [1.82, 2.24) is 15.1 Å². The molecule has 8 heteroatoms. The third kappa shape index (κ3) is 2.57. The van der Waals surface area contributed by atoms with E-state index >= 15 is 0 Å². The number of halogens is 3. The summed E-state index contributed by atoms with van der Waals surface area (Å²) in [4.78, 5) is 26.8. The summed E-state index contributed by atoms with van der Waals surface area (Å²) >= 11 is 0. The molecule has 0 radical (unpaired) electrons. The molecule has 1 aliphatic carbocycles. The van der Waals surface area contributed by atoms with Gasteiger partial charge in [-0.2, -0.15) is 13.2 Å². The van der Waals surface area contributed by atoms with Gasteiger partial charge in [0.15, 0.2) is 0 Å². The van der Waals surface area contributed by atoms with Gasteiger partial charge in [-0.1, -0.05) is 0 Å². The SMILES string of the molecule is C[C@@H]1CN(C(=O)C(F)(F)F)C2(CC2)CN1C(=O)[C@@H]1CCCN1. The number of amides is 2. The van der Waals surface area contributed by atoms with E-state index in [0.29, 0.717) is 12.8 Å². The molecule has 0 aromatic rings. The molecule has 124 valence electrons. The first-order valence-corrected chi connectivity index (χ1v) is 7.67. The summed E-state index contributed by atoms with van der Waals surface area (Å²) < 4.78 is 38.3. The second-order valence-corrected chi connectivity index (χ2v) is 6.60. The summed E-state index contributed by atoms with van der Waals surface area (Å²) in [5, 5.41) is 3.13. The third-order valence-electron chi connectivity index (χ3n) is 4.97. The summed E-state index contributed by atoms with van der Waals surface area (Å²) in [7, 11) is 0. The Morgan fingerprint density at radius 3 is 2.45 bits per heavy atom. The van der Waals surface area contributed by atoms with Gasteiger partial charge >= 0.3 is 12.1 Å². The minimum Gasteiger partial charge on any atom is -0.335 e. The van der Waals surface area contributed by atoms with Gasteiger partial charge < -0.3 is 15.1 Å². The third-order valence-corrected chi connectivity index (χ3v) is 4.97. The van der Waals surface area contributed by atoms with Crippen molar-refractivity contribution in [2.75, 3.05) is 19.6 Å². The molecule has 0 unspecified atom stereocenters. The van der Waals surface area contributed by atoms with E-state index in [4.69, 9.17) is 0 Å². The quantitative estimate of drug-likeness (QED) is 0.781. The van der Waals surface area contributed by atoms with Crippen LogP contribution in [-0.2, 0) is 9.59 Å². The average Bonchev–Trinajstić information content (AvgIpc) is 3.00. The normalized spacial score (nSPS) is 30.7. The van der Waals surface area contributed by atoms with E-state index in [1.165, 1.54) is 0 Å². The van der Waals surface area contributed by atoms with Crippen LogP contribution in [0.2, 0.25) is 0 Å². The van der Waals surface area contributed by atoms with Gasteiger partial charge in [0.2, 0.25) is 5.91 Å². The Kier molecular flexibility index (Phi) is 3.62. The van der Waals surface area contributed by atoms with Gasteiger partial charge in [-0.25, -0.2) is 0 Å². The van der Waals surface area contributed by atoms with Crippen LogP contribution in [0.25, 0.3) is 0 Å². The number of piperazine rings is 1. The lowest BCUT2D eigenvalue weighted by atomic mass is 10.0. The maximum absolute atomic E-state index is 12.8. The number of hydrogen-bond acceptors (Lipinski definition) is 3. The van der Waals surface area contributed by atoms with Crippen LogP contribution in [0.3, 0.4) is 0 Å². The fourth-order valence-electron chi connectivity index (χ4n) is 3.53. The number of carbonyl (C=O) groups excluding carboxylic acids is 2. The summed E-state index contributed by atoms with van der Waals surface area (Å²) in [5.74, 6) is -1.82. The molecule has 22 heavy (non-hydrogen) atoms. The number of nitrogens with zero attached hydrogens (tertiary/aromatic N) is 2. The maximum atomic E-state index is 12.8. The smallest absolute Gasteiger partial charge is 0.335 e. The van der Waals surface area contributed by atoms with Crippen LogP contribution in [0, 0.1) is 0 Å². The number of alkyl halides is 3. The van der Waals surface area contributed by atoms with Crippen LogP contribution in [0.5, 0.6) is 0 Å². The van der Waals surface area contributed by atoms with E-state index < -0.39 is 23.7 Å². The van der Waals surface area contributed by atoms with Crippen molar-refractivity contribution >= 4 is 11.8 Å². The molecular formula is C14H20F3N3O2. The van der Waals surface area contributed by atoms with Crippen LogP contribution < -0.4 is 5.32 Å². The average molecular weight is 319 g/mol. The van der Waals surface area contributed by atoms with Crippen molar-refractivity contribution in [2.45, 2.75) is 56.4 Å². The molecule has 1 saturated carbocycles. The first-order valence-electron chi connectivity index (χ1n) is 7.67. The lowest BCUT2D eigenvalue weighted by Crippen LogP contribution is -2.65. The summed E-state index contributed by atoms with van der Waals surface area (Å²) in [6, 6.07) is -0.629. The monoisotopic (exact) mass is 319 g/mol. The van der Waals surface area contributed by atoms with E-state index in [1.54, 1.807) is 11.8 Å². The topological polar surface area (TPSA) is 52.7 Å². The predicted molar refractivity (Wildman–Crippen MR) is 71.9 cm³/mol. The highest BCUT2D eigenvalue weighted by Crippen LogP contribution is 2.47. The number of carbonyl (C=O) groups is 2. The molecule has 3 aliphatic rings. The van der Waals surface area contributed by atoms with E-state index in [1.807, 2.05) is 0 Å². The Morgan fingerprint density at radius 1 is 1.27 bits per heavy atom. The van der Waals surface area contributed by atoms with Crippen LogP contribution in [0.1, 0.15) is 32.6 Å². The molecule has 0 bridgehead atoms. The number of rotatable bonds is 1. The van der Waals surface area contributed by atoms with E-state index in [2.05, 4.69) is 5.32 Å². The van der Waals surface area contributed by atoms with Crippen molar-refractivity contribution < 1.29 is 22.8 Å². The van der Waals surface area contributed by atoms with Gasteiger partial charge in [0.25, 0.3) is 0 Å². The molecule has 1 spiro atoms. The summed E-state index contributed by atoms with van der Waals surface area (Å²) in [6.07, 6.45) is -2.09. The molecule has 2 aliphatic heterocycles. The van der Waals surface area contributed by atoms with Crippen molar-refractivity contribution in [3.63, 3.8) is 0 Å². The first kappa shape index (κ1) is 15.6. The zero-order valence-corrected chi connectivity index (χ0v) is 12.4. The van der Waals surface area contributed by atoms with Gasteiger partial charge in [-0.15, -0.1) is 0 Å². The van der Waals surface area contributed by atoms with Crippen LogP contribution in [0.15, 0.2) is 0 Å². The molecule has 2 amide bonds. The molecule has 2 saturated heterocycles. The van der Waals surface area contributed by atoms with Gasteiger partial charge in [0.1, 0.15) is 0 Å². The van der Waals surface area contributed by atoms with Gasteiger partial charge in [0, 0.05) is 19.1 Å². The first-order chi connectivity index (χ1) is 10.2. The van der Waals surface area contributed by atoms with E-state index in [9.17, 15) is 22.8 Å². The van der Waals surface area contributed by atoms with Crippen LogP contribution in [-0.4, -0.2) is 65.0 Å². The zero-order chi connectivity index (χ0) is 16.1. The number of nitrogens with one attached hydrogen (secondary N) is 1. The fourth-order valence-corrected chi connectivity index (χ4v) is 3.53. The highest BCUT2D eigenvalue weighted by molar-refractivity contribution is 5.85. The summed E-state index contributed by atoms with van der Waals surface area (Å²) in [5.41, 5.74) is -0.798.